The number of nitrogens with zero attached hydrogens (tertiary/aromatic N) is 1. The topological polar surface area (TPSA) is 34.2 Å². The van der Waals surface area contributed by atoms with E-state index in [0.29, 0.717) is 12.0 Å². The molecule has 2 atom stereocenters. The maximum atomic E-state index is 5.88. The first kappa shape index (κ1) is 14.6. The fraction of sp³-hybridized carbons (Fsp3) is 0.769. The van der Waals surface area contributed by atoms with E-state index in [9.17, 15) is 0 Å². The van der Waals surface area contributed by atoms with Crippen LogP contribution in [0.25, 0.3) is 0 Å². The molecule has 2 unspecified atom stereocenters. The van der Waals surface area contributed by atoms with Gasteiger partial charge in [-0.15, -0.1) is 11.3 Å². The Balaban J connectivity index is 2.67. The number of ether oxygens (including phenoxy) is 1. The van der Waals surface area contributed by atoms with Crippen molar-refractivity contribution in [3.63, 3.8) is 0 Å². The summed E-state index contributed by atoms with van der Waals surface area (Å²) in [4.78, 5) is 4.36. The number of rotatable bonds is 8. The molecular weight excluding hydrogens is 232 g/mol. The van der Waals surface area contributed by atoms with Crippen molar-refractivity contribution < 1.29 is 4.74 Å². The summed E-state index contributed by atoms with van der Waals surface area (Å²) in [7, 11) is 0. The molecule has 1 heterocycles. The molecule has 0 fully saturated rings. The zero-order chi connectivity index (χ0) is 12.7. The van der Waals surface area contributed by atoms with Gasteiger partial charge in [0.1, 0.15) is 0 Å². The van der Waals surface area contributed by atoms with Gasteiger partial charge >= 0.3 is 0 Å². The number of likely N-dealkylation sites (N-methyl/N-ethyl adjacent to an activating group) is 1. The lowest BCUT2D eigenvalue weighted by Crippen LogP contribution is -2.45. The molecule has 1 aromatic heterocycles. The van der Waals surface area contributed by atoms with Crippen molar-refractivity contribution in [3.8, 4) is 0 Å². The molecule has 0 radical (unpaired) electrons. The molecular formula is C13H24N2OS. The highest BCUT2D eigenvalue weighted by Crippen LogP contribution is 2.17. The predicted octanol–water partition coefficient (Wildman–Crippen LogP) is 2.72. The van der Waals surface area contributed by atoms with Crippen LogP contribution in [-0.4, -0.2) is 30.3 Å². The van der Waals surface area contributed by atoms with Crippen molar-refractivity contribution in [2.45, 2.75) is 46.3 Å². The zero-order valence-corrected chi connectivity index (χ0v) is 12.1. The Labute approximate surface area is 109 Å². The number of aromatic nitrogens is 1. The Morgan fingerprint density at radius 1 is 1.41 bits per heavy atom. The van der Waals surface area contributed by atoms with Crippen LogP contribution in [0, 0.1) is 5.92 Å². The lowest BCUT2D eigenvalue weighted by Gasteiger charge is -2.30. The van der Waals surface area contributed by atoms with Crippen molar-refractivity contribution in [1.29, 1.82) is 0 Å². The Bertz CT molecular complexity index is 288. The molecule has 98 valence electrons. The molecule has 0 aliphatic heterocycles. The van der Waals surface area contributed by atoms with Crippen LogP contribution in [0.2, 0.25) is 0 Å². The van der Waals surface area contributed by atoms with E-state index in [-0.39, 0.29) is 6.10 Å². The quantitative estimate of drug-likeness (QED) is 0.776. The van der Waals surface area contributed by atoms with E-state index in [1.165, 1.54) is 5.01 Å². The molecule has 0 amide bonds. The molecule has 0 bridgehead atoms. The standard InChI is InChI=1S/C13H24N2OS/c1-5-14-11(9-12-15-7-8-17-12)13(10(3)4)16-6-2/h7-8,10-11,13-14H,5-6,9H2,1-4H3. The first-order valence-corrected chi connectivity index (χ1v) is 7.30. The van der Waals surface area contributed by atoms with Crippen molar-refractivity contribution >= 4 is 11.3 Å². The fourth-order valence-electron chi connectivity index (χ4n) is 2.07. The monoisotopic (exact) mass is 256 g/mol. The van der Waals surface area contributed by atoms with Gasteiger partial charge in [0.2, 0.25) is 0 Å². The van der Waals surface area contributed by atoms with Crippen LogP contribution in [0.4, 0.5) is 0 Å². The van der Waals surface area contributed by atoms with Gasteiger partial charge in [-0.2, -0.15) is 0 Å². The van der Waals surface area contributed by atoms with Crippen molar-refractivity contribution in [2.75, 3.05) is 13.2 Å². The summed E-state index contributed by atoms with van der Waals surface area (Å²) in [5, 5.41) is 6.74. The molecule has 0 saturated heterocycles. The lowest BCUT2D eigenvalue weighted by atomic mass is 9.97. The Morgan fingerprint density at radius 3 is 2.65 bits per heavy atom. The van der Waals surface area contributed by atoms with Crippen LogP contribution in [0.3, 0.4) is 0 Å². The van der Waals surface area contributed by atoms with Gasteiger partial charge in [0.05, 0.1) is 11.1 Å². The summed E-state index contributed by atoms with van der Waals surface area (Å²) in [6, 6.07) is 0.353. The summed E-state index contributed by atoms with van der Waals surface area (Å²) in [5.41, 5.74) is 0. The highest BCUT2D eigenvalue weighted by atomic mass is 32.1. The minimum atomic E-state index is 0.254. The molecule has 1 aromatic rings. The minimum Gasteiger partial charge on any atom is -0.377 e. The van der Waals surface area contributed by atoms with Crippen molar-refractivity contribution in [1.82, 2.24) is 10.3 Å². The second-order valence-electron chi connectivity index (χ2n) is 4.46. The Hall–Kier alpha value is -0.450. The van der Waals surface area contributed by atoms with E-state index < -0.39 is 0 Å². The first-order chi connectivity index (χ1) is 8.19. The molecule has 0 aliphatic carbocycles. The van der Waals surface area contributed by atoms with Crippen LogP contribution < -0.4 is 5.32 Å². The smallest absolute Gasteiger partial charge is 0.0941 e. The van der Waals surface area contributed by atoms with Crippen molar-refractivity contribution in [2.24, 2.45) is 5.92 Å². The van der Waals surface area contributed by atoms with Crippen molar-refractivity contribution in [3.05, 3.63) is 16.6 Å². The van der Waals surface area contributed by atoms with E-state index in [4.69, 9.17) is 4.74 Å². The molecule has 3 nitrogen and oxygen atoms in total. The number of hydrogen-bond acceptors (Lipinski definition) is 4. The lowest BCUT2D eigenvalue weighted by molar-refractivity contribution is 0.00394. The average Bonchev–Trinajstić information content (AvgIpc) is 2.78. The molecule has 0 saturated carbocycles. The van der Waals surface area contributed by atoms with E-state index in [0.717, 1.165) is 19.6 Å². The van der Waals surface area contributed by atoms with Gasteiger partial charge in [-0.3, -0.25) is 0 Å². The van der Waals surface area contributed by atoms with Crippen LogP contribution in [0.1, 0.15) is 32.7 Å². The number of thiazole rings is 1. The molecule has 17 heavy (non-hydrogen) atoms. The Kier molecular flexibility index (Phi) is 6.70. The number of hydrogen-bond donors (Lipinski definition) is 1. The predicted molar refractivity (Wildman–Crippen MR) is 73.5 cm³/mol. The normalized spacial score (nSPS) is 15.1. The second-order valence-corrected chi connectivity index (χ2v) is 5.44. The Morgan fingerprint density at radius 2 is 2.18 bits per heavy atom. The minimum absolute atomic E-state index is 0.254. The molecule has 0 aromatic carbocycles. The van der Waals surface area contributed by atoms with E-state index >= 15 is 0 Å². The molecule has 0 spiro atoms. The van der Waals surface area contributed by atoms with E-state index in [1.54, 1.807) is 11.3 Å². The van der Waals surface area contributed by atoms with E-state index in [1.807, 2.05) is 11.6 Å². The summed E-state index contributed by atoms with van der Waals surface area (Å²) in [5.74, 6) is 0.513. The van der Waals surface area contributed by atoms with Gasteiger partial charge in [0.15, 0.2) is 0 Å². The number of nitrogens with one attached hydrogen (secondary N) is 1. The third-order valence-corrected chi connectivity index (χ3v) is 3.56. The van der Waals surface area contributed by atoms with Gasteiger partial charge in [-0.25, -0.2) is 4.98 Å². The maximum Gasteiger partial charge on any atom is 0.0941 e. The van der Waals surface area contributed by atoms with Gasteiger partial charge in [0, 0.05) is 30.6 Å². The third kappa shape index (κ3) is 4.74. The molecule has 4 heteroatoms. The van der Waals surface area contributed by atoms with Gasteiger partial charge in [0.25, 0.3) is 0 Å². The second kappa shape index (κ2) is 7.80. The molecule has 1 rings (SSSR count). The highest BCUT2D eigenvalue weighted by molar-refractivity contribution is 7.09. The van der Waals surface area contributed by atoms with Crippen LogP contribution >= 0.6 is 11.3 Å². The summed E-state index contributed by atoms with van der Waals surface area (Å²) < 4.78 is 5.88. The average molecular weight is 256 g/mol. The molecule has 1 N–H and O–H groups in total. The van der Waals surface area contributed by atoms with Gasteiger partial charge < -0.3 is 10.1 Å². The first-order valence-electron chi connectivity index (χ1n) is 6.42. The largest absolute Gasteiger partial charge is 0.377 e. The van der Waals surface area contributed by atoms with E-state index in [2.05, 4.69) is 38.0 Å². The SMILES string of the molecule is CCNC(Cc1nccs1)C(OCC)C(C)C. The van der Waals surface area contributed by atoms with Gasteiger partial charge in [-0.05, 0) is 19.4 Å². The highest BCUT2D eigenvalue weighted by Gasteiger charge is 2.25. The maximum absolute atomic E-state index is 5.88. The van der Waals surface area contributed by atoms with Crippen LogP contribution in [-0.2, 0) is 11.2 Å². The summed E-state index contributed by atoms with van der Waals surface area (Å²) in [6.45, 7) is 10.4. The summed E-state index contributed by atoms with van der Waals surface area (Å²) in [6.07, 6.45) is 3.08. The summed E-state index contributed by atoms with van der Waals surface area (Å²) >= 11 is 1.72. The van der Waals surface area contributed by atoms with Crippen LogP contribution in [0.15, 0.2) is 11.6 Å². The fourth-order valence-corrected chi connectivity index (χ4v) is 2.75. The zero-order valence-electron chi connectivity index (χ0n) is 11.3. The van der Waals surface area contributed by atoms with Crippen LogP contribution in [0.5, 0.6) is 0 Å². The third-order valence-electron chi connectivity index (χ3n) is 2.76. The molecule has 0 aliphatic rings. The van der Waals surface area contributed by atoms with Gasteiger partial charge in [-0.1, -0.05) is 20.8 Å².